The predicted molar refractivity (Wildman–Crippen MR) is 182 cm³/mol. The summed E-state index contributed by atoms with van der Waals surface area (Å²) in [7, 11) is -1.82. The fraction of sp³-hybridized carbons (Fsp3) is 0.472. The summed E-state index contributed by atoms with van der Waals surface area (Å²) in [6.07, 6.45) is 2.21. The second-order valence-electron chi connectivity index (χ2n) is 12.6. The van der Waals surface area contributed by atoms with Gasteiger partial charge in [-0.25, -0.2) is 8.42 Å². The van der Waals surface area contributed by atoms with E-state index in [1.54, 1.807) is 48.2 Å². The molecule has 0 spiro atoms. The number of rotatable bonds is 9. The highest BCUT2D eigenvalue weighted by Crippen LogP contribution is 2.29. The molecule has 1 aliphatic heterocycles. The Morgan fingerprint density at radius 1 is 1.04 bits per heavy atom. The minimum Gasteiger partial charge on any atom is -0.490 e. The number of sulfonamides is 1. The maximum absolute atomic E-state index is 14.4. The van der Waals surface area contributed by atoms with Crippen molar-refractivity contribution in [3.05, 3.63) is 89.5 Å². The van der Waals surface area contributed by atoms with Crippen LogP contribution in [0.15, 0.2) is 77.7 Å². The van der Waals surface area contributed by atoms with Crippen molar-refractivity contribution in [3.63, 3.8) is 0 Å². The molecule has 0 bridgehead atoms. The molecule has 0 fully saturated rings. The van der Waals surface area contributed by atoms with Gasteiger partial charge in [-0.3, -0.25) is 14.4 Å². The molecule has 0 saturated heterocycles. The Hall–Kier alpha value is -3.44. The zero-order valence-corrected chi connectivity index (χ0v) is 28.5. The number of hydrogen-bond donors (Lipinski definition) is 2. The molecule has 46 heavy (non-hydrogen) atoms. The number of carbonyl (C=O) groups is 1. The molecule has 1 heterocycles. The maximum Gasteiger partial charge on any atom is 0.261 e. The van der Waals surface area contributed by atoms with Crippen molar-refractivity contribution in [1.29, 1.82) is 0 Å². The Bertz CT molecular complexity index is 1520. The number of carbonyl (C=O) groups excluding carboxylic acids is 1. The van der Waals surface area contributed by atoms with E-state index in [-0.39, 0.29) is 46.8 Å². The lowest BCUT2D eigenvalue weighted by molar-refractivity contribution is -0.0177. The number of anilines is 1. The van der Waals surface area contributed by atoms with Gasteiger partial charge in [0.25, 0.3) is 15.9 Å². The van der Waals surface area contributed by atoms with Gasteiger partial charge < -0.3 is 19.5 Å². The summed E-state index contributed by atoms with van der Waals surface area (Å²) in [6, 6.07) is 21.2. The lowest BCUT2D eigenvalue weighted by Crippen LogP contribution is -2.47. The number of hydrogen-bond acceptors (Lipinski definition) is 7. The first kappa shape index (κ1) is 35.4. The summed E-state index contributed by atoms with van der Waals surface area (Å²) in [4.78, 5) is 18.4. The standard InChI is InChI=1S/C36H49N3O6S/c1-26-14-17-32(18-15-26)46(42,43)37-31-16-19-34-33(21-31)36(41)39(28(3)25-40)22-27(2)35(44-20-10-9-11-29(4)45-34)24-38(5)23-30-12-7-6-8-13-30/h6-8,12-19,21,27-29,35,37,40H,9-11,20,22-25H2,1-5H3/t27-,28-,29+,35-/m1/s1. The van der Waals surface area contributed by atoms with E-state index in [4.69, 9.17) is 9.47 Å². The van der Waals surface area contributed by atoms with E-state index in [1.165, 1.54) is 11.6 Å². The minimum absolute atomic E-state index is 0.0642. The van der Waals surface area contributed by atoms with Gasteiger partial charge in [0.1, 0.15) is 5.75 Å². The zero-order chi connectivity index (χ0) is 33.3. The molecule has 0 unspecified atom stereocenters. The number of aryl methyl sites for hydroxylation is 1. The van der Waals surface area contributed by atoms with E-state index in [1.807, 2.05) is 32.0 Å². The lowest BCUT2D eigenvalue weighted by atomic mass is 10.0. The normalized spacial score (nSPS) is 20.8. The van der Waals surface area contributed by atoms with Gasteiger partial charge in [-0.2, -0.15) is 0 Å². The van der Waals surface area contributed by atoms with Gasteiger partial charge in [0, 0.05) is 37.8 Å². The summed E-state index contributed by atoms with van der Waals surface area (Å²) >= 11 is 0. The lowest BCUT2D eigenvalue weighted by Gasteiger charge is -2.36. The molecule has 4 atom stereocenters. The number of nitrogens with zero attached hydrogens (tertiary/aromatic N) is 2. The summed E-state index contributed by atoms with van der Waals surface area (Å²) in [5.41, 5.74) is 2.64. The molecular weight excluding hydrogens is 602 g/mol. The van der Waals surface area contributed by atoms with Crippen LogP contribution >= 0.6 is 0 Å². The van der Waals surface area contributed by atoms with Crippen molar-refractivity contribution in [1.82, 2.24) is 9.80 Å². The number of benzene rings is 3. The molecule has 0 aromatic heterocycles. The van der Waals surface area contributed by atoms with Crippen LogP contribution in [0.4, 0.5) is 5.69 Å². The quantitative estimate of drug-likeness (QED) is 0.305. The van der Waals surface area contributed by atoms with Crippen molar-refractivity contribution >= 4 is 21.6 Å². The Morgan fingerprint density at radius 3 is 2.46 bits per heavy atom. The Kier molecular flexibility index (Phi) is 12.6. The van der Waals surface area contributed by atoms with Crippen LogP contribution in [-0.4, -0.2) is 80.8 Å². The summed E-state index contributed by atoms with van der Waals surface area (Å²) in [6.45, 7) is 9.88. The SMILES string of the molecule is Cc1ccc(S(=O)(=O)Nc2ccc3c(c2)C(=O)N([C@H](C)CO)C[C@@H](C)[C@@H](CN(C)Cc2ccccc2)OCCCC[C@H](C)O3)cc1. The number of fused-ring (bicyclic) bond motifs is 1. The Labute approximate surface area is 274 Å². The van der Waals surface area contributed by atoms with Crippen LogP contribution in [0.3, 0.4) is 0 Å². The van der Waals surface area contributed by atoms with Gasteiger partial charge in [-0.1, -0.05) is 55.0 Å². The third-order valence-corrected chi connectivity index (χ3v) is 9.82. The first-order chi connectivity index (χ1) is 22.0. The number of amides is 1. The topological polar surface area (TPSA) is 108 Å². The molecule has 4 rings (SSSR count). The molecule has 3 aromatic rings. The number of nitrogens with one attached hydrogen (secondary N) is 1. The van der Waals surface area contributed by atoms with Crippen LogP contribution < -0.4 is 9.46 Å². The van der Waals surface area contributed by atoms with Crippen LogP contribution in [-0.2, 0) is 21.3 Å². The molecular formula is C36H49N3O6S. The maximum atomic E-state index is 14.4. The van der Waals surface area contributed by atoms with E-state index in [9.17, 15) is 18.3 Å². The monoisotopic (exact) mass is 651 g/mol. The summed E-state index contributed by atoms with van der Waals surface area (Å²) in [5, 5.41) is 10.2. The van der Waals surface area contributed by atoms with Crippen LogP contribution in [0, 0.1) is 12.8 Å². The first-order valence-corrected chi connectivity index (χ1v) is 17.6. The molecule has 3 aromatic carbocycles. The Morgan fingerprint density at radius 2 is 1.76 bits per heavy atom. The van der Waals surface area contributed by atoms with E-state index in [0.717, 1.165) is 31.4 Å². The third kappa shape index (κ3) is 9.78. The van der Waals surface area contributed by atoms with E-state index >= 15 is 0 Å². The fourth-order valence-electron chi connectivity index (χ4n) is 5.65. The number of ether oxygens (including phenoxy) is 2. The second kappa shape index (κ2) is 16.4. The smallest absolute Gasteiger partial charge is 0.261 e. The highest BCUT2D eigenvalue weighted by molar-refractivity contribution is 7.92. The minimum atomic E-state index is -3.90. The second-order valence-corrected chi connectivity index (χ2v) is 14.3. The van der Waals surface area contributed by atoms with Crippen molar-refractivity contribution in [3.8, 4) is 5.75 Å². The van der Waals surface area contributed by atoms with Crippen LogP contribution in [0.2, 0.25) is 0 Å². The zero-order valence-electron chi connectivity index (χ0n) is 27.7. The molecule has 2 N–H and O–H groups in total. The van der Waals surface area contributed by atoms with Crippen molar-refractivity contribution in [2.75, 3.05) is 38.1 Å². The molecule has 0 radical (unpaired) electrons. The molecule has 1 amide bonds. The van der Waals surface area contributed by atoms with Gasteiger partial charge in [0.2, 0.25) is 0 Å². The average molecular weight is 652 g/mol. The van der Waals surface area contributed by atoms with Gasteiger partial charge in [0.15, 0.2) is 0 Å². The van der Waals surface area contributed by atoms with Gasteiger partial charge in [-0.15, -0.1) is 0 Å². The van der Waals surface area contributed by atoms with Crippen molar-refractivity contribution < 1.29 is 27.8 Å². The van der Waals surface area contributed by atoms with E-state index < -0.39 is 16.1 Å². The highest BCUT2D eigenvalue weighted by Gasteiger charge is 2.30. The fourth-order valence-corrected chi connectivity index (χ4v) is 6.70. The molecule has 1 aliphatic rings. The van der Waals surface area contributed by atoms with E-state index in [0.29, 0.717) is 25.4 Å². The third-order valence-electron chi connectivity index (χ3n) is 8.42. The number of likely N-dealkylation sites (N-methyl/N-ethyl adjacent to an activating group) is 1. The molecule has 9 nitrogen and oxygen atoms in total. The molecule has 0 saturated carbocycles. The van der Waals surface area contributed by atoms with E-state index in [2.05, 4.69) is 35.7 Å². The predicted octanol–water partition coefficient (Wildman–Crippen LogP) is 5.72. The molecule has 0 aliphatic carbocycles. The van der Waals surface area contributed by atoms with Gasteiger partial charge in [0.05, 0.1) is 35.3 Å². The van der Waals surface area contributed by atoms with Crippen molar-refractivity contribution in [2.24, 2.45) is 5.92 Å². The van der Waals surface area contributed by atoms with Gasteiger partial charge in [-0.05, 0) is 83.0 Å². The number of aliphatic hydroxyl groups excluding tert-OH is 1. The van der Waals surface area contributed by atoms with Crippen LogP contribution in [0.1, 0.15) is 61.5 Å². The summed E-state index contributed by atoms with van der Waals surface area (Å²) < 4.78 is 41.8. The average Bonchev–Trinajstić information content (AvgIpc) is 3.03. The molecule has 250 valence electrons. The first-order valence-electron chi connectivity index (χ1n) is 16.1. The van der Waals surface area contributed by atoms with Crippen molar-refractivity contribution in [2.45, 2.75) is 76.6 Å². The molecule has 10 heteroatoms. The van der Waals surface area contributed by atoms with Crippen LogP contribution in [0.5, 0.6) is 5.75 Å². The number of aliphatic hydroxyl groups is 1. The highest BCUT2D eigenvalue weighted by atomic mass is 32.2. The largest absolute Gasteiger partial charge is 0.490 e. The Balaban J connectivity index is 1.64. The van der Waals surface area contributed by atoms with Crippen LogP contribution in [0.25, 0.3) is 0 Å². The summed E-state index contributed by atoms with van der Waals surface area (Å²) in [5.74, 6) is -0.0305. The van der Waals surface area contributed by atoms with Gasteiger partial charge >= 0.3 is 0 Å².